The maximum Gasteiger partial charge on any atom is 0.255 e. The van der Waals surface area contributed by atoms with Crippen LogP contribution in [0.25, 0.3) is 5.65 Å². The van der Waals surface area contributed by atoms with E-state index in [1.54, 1.807) is 18.3 Å². The molecular weight excluding hydrogens is 242 g/mol. The van der Waals surface area contributed by atoms with Crippen LogP contribution in [-0.2, 0) is 0 Å². The van der Waals surface area contributed by atoms with Gasteiger partial charge in [0.1, 0.15) is 0 Å². The van der Waals surface area contributed by atoms with Crippen LogP contribution in [0.2, 0.25) is 0 Å². The summed E-state index contributed by atoms with van der Waals surface area (Å²) in [5.74, 6) is 0.633. The fourth-order valence-electron chi connectivity index (χ4n) is 2.61. The van der Waals surface area contributed by atoms with Crippen LogP contribution in [0, 0.1) is 5.92 Å². The van der Waals surface area contributed by atoms with E-state index < -0.39 is 0 Å². The summed E-state index contributed by atoms with van der Waals surface area (Å²) in [4.78, 5) is 14.5. The van der Waals surface area contributed by atoms with Crippen LogP contribution in [0.1, 0.15) is 37.0 Å². The number of rotatable bonds is 1. The van der Waals surface area contributed by atoms with Crippen molar-refractivity contribution in [3.63, 3.8) is 0 Å². The number of amides is 1. The molecular formula is C13H17N5O. The first-order chi connectivity index (χ1) is 9.15. The van der Waals surface area contributed by atoms with E-state index in [0.29, 0.717) is 23.2 Å². The number of tetrazole rings is 1. The Kier molecular flexibility index (Phi) is 2.93. The number of hydrogen-bond acceptors (Lipinski definition) is 4. The van der Waals surface area contributed by atoms with Crippen molar-refractivity contribution >= 4 is 11.6 Å². The zero-order valence-electron chi connectivity index (χ0n) is 11.2. The Morgan fingerprint density at radius 1 is 1.32 bits per heavy atom. The summed E-state index contributed by atoms with van der Waals surface area (Å²) in [6.07, 6.45) is 3.96. The average Bonchev–Trinajstić information content (AvgIpc) is 2.88. The molecule has 3 heterocycles. The van der Waals surface area contributed by atoms with E-state index >= 15 is 0 Å². The van der Waals surface area contributed by atoms with Gasteiger partial charge in [0.15, 0.2) is 5.65 Å². The molecule has 2 atom stereocenters. The van der Waals surface area contributed by atoms with Crippen molar-refractivity contribution < 1.29 is 4.79 Å². The third kappa shape index (κ3) is 2.18. The third-order valence-corrected chi connectivity index (χ3v) is 3.82. The number of hydrogen-bond donors (Lipinski definition) is 0. The number of piperidine rings is 1. The standard InChI is InChI=1S/C13H17N5O/c1-9-3-4-10(2)17(7-9)13(19)11-5-6-12-14-15-16-18(12)8-11/h5-6,8-10H,3-4,7H2,1-2H3/t9-,10-/m1/s1. The molecule has 0 aromatic carbocycles. The second kappa shape index (κ2) is 4.60. The van der Waals surface area contributed by atoms with Gasteiger partial charge in [-0.05, 0) is 48.2 Å². The third-order valence-electron chi connectivity index (χ3n) is 3.82. The van der Waals surface area contributed by atoms with E-state index in [1.807, 2.05) is 4.90 Å². The number of aromatic nitrogens is 4. The zero-order valence-corrected chi connectivity index (χ0v) is 11.2. The Morgan fingerprint density at radius 2 is 2.16 bits per heavy atom. The fourth-order valence-corrected chi connectivity index (χ4v) is 2.61. The summed E-state index contributed by atoms with van der Waals surface area (Å²) in [6.45, 7) is 5.13. The van der Waals surface area contributed by atoms with Gasteiger partial charge in [-0.1, -0.05) is 6.92 Å². The Morgan fingerprint density at radius 3 is 3.00 bits per heavy atom. The van der Waals surface area contributed by atoms with Crippen LogP contribution in [0.4, 0.5) is 0 Å². The van der Waals surface area contributed by atoms with Crippen LogP contribution in [0.3, 0.4) is 0 Å². The van der Waals surface area contributed by atoms with Crippen molar-refractivity contribution in [3.05, 3.63) is 23.9 Å². The predicted octanol–water partition coefficient (Wildman–Crippen LogP) is 1.38. The highest BCUT2D eigenvalue weighted by molar-refractivity contribution is 5.94. The van der Waals surface area contributed by atoms with E-state index in [4.69, 9.17) is 0 Å². The molecule has 0 N–H and O–H groups in total. The van der Waals surface area contributed by atoms with Crippen LogP contribution < -0.4 is 0 Å². The molecule has 0 saturated carbocycles. The minimum absolute atomic E-state index is 0.0662. The number of likely N-dealkylation sites (tertiary alicyclic amines) is 1. The number of carbonyl (C=O) groups excluding carboxylic acids is 1. The summed E-state index contributed by atoms with van der Waals surface area (Å²) in [7, 11) is 0. The van der Waals surface area contributed by atoms with E-state index in [9.17, 15) is 4.79 Å². The van der Waals surface area contributed by atoms with Crippen molar-refractivity contribution in [3.8, 4) is 0 Å². The Labute approximate surface area is 111 Å². The molecule has 1 aliphatic rings. The van der Waals surface area contributed by atoms with Crippen molar-refractivity contribution in [1.82, 2.24) is 24.9 Å². The predicted molar refractivity (Wildman–Crippen MR) is 69.7 cm³/mol. The molecule has 0 bridgehead atoms. The summed E-state index contributed by atoms with van der Waals surface area (Å²) in [5, 5.41) is 11.2. The Bertz CT molecular complexity index is 608. The molecule has 3 rings (SSSR count). The van der Waals surface area contributed by atoms with Gasteiger partial charge in [0.2, 0.25) is 0 Å². The first-order valence-electron chi connectivity index (χ1n) is 6.64. The maximum absolute atomic E-state index is 12.6. The number of fused-ring (bicyclic) bond motifs is 1. The lowest BCUT2D eigenvalue weighted by Gasteiger charge is -2.36. The molecule has 2 aromatic rings. The van der Waals surface area contributed by atoms with Crippen molar-refractivity contribution in [2.24, 2.45) is 5.92 Å². The maximum atomic E-state index is 12.6. The van der Waals surface area contributed by atoms with Gasteiger partial charge in [-0.25, -0.2) is 0 Å². The monoisotopic (exact) mass is 259 g/mol. The number of carbonyl (C=O) groups is 1. The van der Waals surface area contributed by atoms with Gasteiger partial charge in [-0.15, -0.1) is 5.10 Å². The smallest absolute Gasteiger partial charge is 0.255 e. The van der Waals surface area contributed by atoms with Crippen molar-refractivity contribution in [1.29, 1.82) is 0 Å². The summed E-state index contributed by atoms with van der Waals surface area (Å²) < 4.78 is 1.53. The van der Waals surface area contributed by atoms with Gasteiger partial charge in [0.05, 0.1) is 5.56 Å². The lowest BCUT2D eigenvalue weighted by Crippen LogP contribution is -2.45. The van der Waals surface area contributed by atoms with Crippen LogP contribution in [0.5, 0.6) is 0 Å². The van der Waals surface area contributed by atoms with Crippen LogP contribution >= 0.6 is 0 Å². The minimum atomic E-state index is 0.0662. The fraction of sp³-hybridized carbons (Fsp3) is 0.538. The number of pyridine rings is 1. The van der Waals surface area contributed by atoms with E-state index in [0.717, 1.165) is 13.0 Å². The molecule has 0 unspecified atom stereocenters. The molecule has 6 nitrogen and oxygen atoms in total. The number of nitrogens with zero attached hydrogens (tertiary/aromatic N) is 5. The molecule has 1 saturated heterocycles. The van der Waals surface area contributed by atoms with Crippen LogP contribution in [0.15, 0.2) is 18.3 Å². The highest BCUT2D eigenvalue weighted by Gasteiger charge is 2.27. The average molecular weight is 259 g/mol. The van der Waals surface area contributed by atoms with E-state index in [2.05, 4.69) is 29.4 Å². The van der Waals surface area contributed by atoms with Gasteiger partial charge in [-0.2, -0.15) is 4.52 Å². The molecule has 0 spiro atoms. The molecule has 19 heavy (non-hydrogen) atoms. The quantitative estimate of drug-likeness (QED) is 0.776. The Hall–Kier alpha value is -1.98. The highest BCUT2D eigenvalue weighted by Crippen LogP contribution is 2.23. The first-order valence-corrected chi connectivity index (χ1v) is 6.64. The Balaban J connectivity index is 1.89. The summed E-state index contributed by atoms with van der Waals surface area (Å²) >= 11 is 0. The first kappa shape index (κ1) is 12.1. The highest BCUT2D eigenvalue weighted by atomic mass is 16.2. The molecule has 100 valence electrons. The lowest BCUT2D eigenvalue weighted by atomic mass is 9.94. The van der Waals surface area contributed by atoms with Gasteiger partial charge in [0.25, 0.3) is 5.91 Å². The second-order valence-corrected chi connectivity index (χ2v) is 5.39. The molecule has 1 fully saturated rings. The molecule has 1 aliphatic heterocycles. The van der Waals surface area contributed by atoms with Gasteiger partial charge in [-0.3, -0.25) is 4.79 Å². The molecule has 2 aromatic heterocycles. The summed E-state index contributed by atoms with van der Waals surface area (Å²) in [6, 6.07) is 3.86. The van der Waals surface area contributed by atoms with Gasteiger partial charge < -0.3 is 4.90 Å². The minimum Gasteiger partial charge on any atom is -0.336 e. The largest absolute Gasteiger partial charge is 0.336 e. The molecule has 1 amide bonds. The van der Waals surface area contributed by atoms with Gasteiger partial charge in [0, 0.05) is 18.8 Å². The van der Waals surface area contributed by atoms with Gasteiger partial charge >= 0.3 is 0 Å². The van der Waals surface area contributed by atoms with Crippen molar-refractivity contribution in [2.45, 2.75) is 32.7 Å². The zero-order chi connectivity index (χ0) is 13.4. The second-order valence-electron chi connectivity index (χ2n) is 5.39. The topological polar surface area (TPSA) is 63.4 Å². The van der Waals surface area contributed by atoms with Crippen molar-refractivity contribution in [2.75, 3.05) is 6.54 Å². The summed E-state index contributed by atoms with van der Waals surface area (Å²) in [5.41, 5.74) is 1.29. The molecule has 0 radical (unpaired) electrons. The molecule has 6 heteroatoms. The van der Waals surface area contributed by atoms with E-state index in [1.165, 1.54) is 10.9 Å². The SMILES string of the molecule is C[C@@H]1CC[C@@H](C)N(C(=O)c2ccc3nnnn3c2)C1. The lowest BCUT2D eigenvalue weighted by molar-refractivity contribution is 0.0573. The normalized spacial score (nSPS) is 23.8. The molecule has 0 aliphatic carbocycles. The van der Waals surface area contributed by atoms with E-state index in [-0.39, 0.29) is 5.91 Å². The van der Waals surface area contributed by atoms with Crippen LogP contribution in [-0.4, -0.2) is 43.4 Å².